The monoisotopic (exact) mass is 200 g/mol. The number of benzene rings is 1. The van der Waals surface area contributed by atoms with Gasteiger partial charge in [0.25, 0.3) is 0 Å². The Balaban J connectivity index is 2.17. The molecule has 2 nitrogen and oxygen atoms in total. The molecule has 2 heteroatoms. The van der Waals surface area contributed by atoms with Gasteiger partial charge in [-0.05, 0) is 37.4 Å². The number of nitrogens with one attached hydrogen (secondary N) is 1. The number of nitrogens with zero attached hydrogens (tertiary/aromatic N) is 1. The summed E-state index contributed by atoms with van der Waals surface area (Å²) in [5.74, 6) is 0. The molecule has 78 valence electrons. The fourth-order valence-corrected chi connectivity index (χ4v) is 1.66. The molecular formula is C13H16N2. The summed E-state index contributed by atoms with van der Waals surface area (Å²) in [5.41, 5.74) is 3.75. The van der Waals surface area contributed by atoms with Gasteiger partial charge < -0.3 is 9.88 Å². The topological polar surface area (TPSA) is 19.0 Å². The van der Waals surface area contributed by atoms with Crippen LogP contribution in [0.4, 0.5) is 0 Å². The minimum absolute atomic E-state index is 0.991. The van der Waals surface area contributed by atoms with E-state index < -0.39 is 0 Å². The lowest BCUT2D eigenvalue weighted by Crippen LogP contribution is -2.10. The lowest BCUT2D eigenvalue weighted by molar-refractivity contribution is 0.402. The third kappa shape index (κ3) is 2.48. The van der Waals surface area contributed by atoms with Crippen LogP contribution in [0.15, 0.2) is 42.6 Å². The molecular weight excluding hydrogens is 184 g/mol. The summed E-state index contributed by atoms with van der Waals surface area (Å²) in [7, 11) is 4.16. The molecule has 2 aromatic rings. The first-order valence-corrected chi connectivity index (χ1v) is 5.13. The summed E-state index contributed by atoms with van der Waals surface area (Å²) in [6, 6.07) is 12.8. The molecule has 0 amide bonds. The average molecular weight is 200 g/mol. The molecule has 0 aliphatic carbocycles. The van der Waals surface area contributed by atoms with Crippen LogP contribution in [0.2, 0.25) is 0 Å². The molecule has 0 aliphatic rings. The van der Waals surface area contributed by atoms with Crippen molar-refractivity contribution in [3.05, 3.63) is 48.2 Å². The van der Waals surface area contributed by atoms with Crippen LogP contribution in [-0.4, -0.2) is 24.0 Å². The third-order valence-electron chi connectivity index (χ3n) is 2.36. The van der Waals surface area contributed by atoms with E-state index >= 15 is 0 Å². The van der Waals surface area contributed by atoms with Crippen LogP contribution in [0.3, 0.4) is 0 Å². The summed E-state index contributed by atoms with van der Waals surface area (Å²) < 4.78 is 0. The fraction of sp³-hybridized carbons (Fsp3) is 0.231. The quantitative estimate of drug-likeness (QED) is 0.807. The molecule has 2 rings (SSSR count). The first-order valence-electron chi connectivity index (χ1n) is 5.13. The minimum atomic E-state index is 0.991. The van der Waals surface area contributed by atoms with E-state index in [1.807, 2.05) is 12.3 Å². The maximum Gasteiger partial charge on any atom is 0.0453 e. The standard InChI is InChI=1S/C13H16N2/c1-15(2)10-11-5-7-12(8-6-11)13-4-3-9-14-13/h3-9,14H,10H2,1-2H3. The number of H-pyrrole nitrogens is 1. The van der Waals surface area contributed by atoms with Gasteiger partial charge in [-0.2, -0.15) is 0 Å². The third-order valence-corrected chi connectivity index (χ3v) is 2.36. The molecule has 1 aromatic heterocycles. The van der Waals surface area contributed by atoms with Gasteiger partial charge in [0.2, 0.25) is 0 Å². The lowest BCUT2D eigenvalue weighted by atomic mass is 10.1. The number of aromatic amines is 1. The molecule has 0 spiro atoms. The highest BCUT2D eigenvalue weighted by molar-refractivity contribution is 5.59. The summed E-state index contributed by atoms with van der Waals surface area (Å²) >= 11 is 0. The molecule has 0 aliphatic heterocycles. The Morgan fingerprint density at radius 1 is 1.07 bits per heavy atom. The van der Waals surface area contributed by atoms with Crippen LogP contribution in [0, 0.1) is 0 Å². The van der Waals surface area contributed by atoms with Crippen LogP contribution in [0.1, 0.15) is 5.56 Å². The molecule has 0 atom stereocenters. The van der Waals surface area contributed by atoms with E-state index in [1.54, 1.807) is 0 Å². The van der Waals surface area contributed by atoms with E-state index in [9.17, 15) is 0 Å². The number of hydrogen-bond acceptors (Lipinski definition) is 1. The van der Waals surface area contributed by atoms with Gasteiger partial charge in [-0.3, -0.25) is 0 Å². The zero-order valence-electron chi connectivity index (χ0n) is 9.20. The average Bonchev–Trinajstić information content (AvgIpc) is 2.71. The highest BCUT2D eigenvalue weighted by atomic mass is 15.0. The Hall–Kier alpha value is -1.54. The molecule has 0 radical (unpaired) electrons. The normalized spacial score (nSPS) is 10.9. The van der Waals surface area contributed by atoms with Gasteiger partial charge in [0.15, 0.2) is 0 Å². The smallest absolute Gasteiger partial charge is 0.0453 e. The predicted octanol–water partition coefficient (Wildman–Crippen LogP) is 2.74. The maximum atomic E-state index is 3.20. The van der Waals surface area contributed by atoms with E-state index in [0.29, 0.717) is 0 Å². The first kappa shape index (κ1) is 9.99. The van der Waals surface area contributed by atoms with Gasteiger partial charge >= 0.3 is 0 Å². The van der Waals surface area contributed by atoms with Crippen molar-refractivity contribution in [2.24, 2.45) is 0 Å². The Labute approximate surface area is 90.6 Å². The van der Waals surface area contributed by atoms with Crippen molar-refractivity contribution in [3.63, 3.8) is 0 Å². The van der Waals surface area contributed by atoms with E-state index in [-0.39, 0.29) is 0 Å². The molecule has 1 heterocycles. The van der Waals surface area contributed by atoms with Crippen LogP contribution in [0.5, 0.6) is 0 Å². The Kier molecular flexibility index (Phi) is 2.88. The van der Waals surface area contributed by atoms with Gasteiger partial charge in [0.05, 0.1) is 0 Å². The van der Waals surface area contributed by atoms with Crippen LogP contribution in [0.25, 0.3) is 11.3 Å². The summed E-state index contributed by atoms with van der Waals surface area (Å²) in [5, 5.41) is 0. The zero-order valence-corrected chi connectivity index (χ0v) is 9.20. The Bertz CT molecular complexity index is 399. The molecule has 0 saturated heterocycles. The van der Waals surface area contributed by atoms with Gasteiger partial charge in [-0.1, -0.05) is 24.3 Å². The van der Waals surface area contributed by atoms with Gasteiger partial charge in [0, 0.05) is 18.4 Å². The Morgan fingerprint density at radius 3 is 2.33 bits per heavy atom. The summed E-state index contributed by atoms with van der Waals surface area (Å²) in [4.78, 5) is 5.37. The molecule has 15 heavy (non-hydrogen) atoms. The molecule has 0 saturated carbocycles. The largest absolute Gasteiger partial charge is 0.361 e. The SMILES string of the molecule is CN(C)Cc1ccc(-c2ccc[nH]2)cc1. The molecule has 0 unspecified atom stereocenters. The van der Waals surface area contributed by atoms with Crippen molar-refractivity contribution < 1.29 is 0 Å². The van der Waals surface area contributed by atoms with E-state index in [1.165, 1.54) is 16.8 Å². The second-order valence-electron chi connectivity index (χ2n) is 4.02. The summed E-state index contributed by atoms with van der Waals surface area (Å²) in [6.07, 6.45) is 1.95. The van der Waals surface area contributed by atoms with Crippen LogP contribution < -0.4 is 0 Å². The molecule has 0 bridgehead atoms. The van der Waals surface area contributed by atoms with Gasteiger partial charge in [-0.25, -0.2) is 0 Å². The fourth-order valence-electron chi connectivity index (χ4n) is 1.66. The lowest BCUT2D eigenvalue weighted by Gasteiger charge is -2.09. The number of hydrogen-bond donors (Lipinski definition) is 1. The highest BCUT2D eigenvalue weighted by Crippen LogP contribution is 2.17. The predicted molar refractivity (Wildman–Crippen MR) is 63.6 cm³/mol. The van der Waals surface area contributed by atoms with Crippen molar-refractivity contribution in [1.29, 1.82) is 0 Å². The van der Waals surface area contributed by atoms with E-state index in [0.717, 1.165) is 6.54 Å². The van der Waals surface area contributed by atoms with Crippen molar-refractivity contribution in [1.82, 2.24) is 9.88 Å². The molecule has 1 N–H and O–H groups in total. The minimum Gasteiger partial charge on any atom is -0.361 e. The van der Waals surface area contributed by atoms with E-state index in [4.69, 9.17) is 0 Å². The van der Waals surface area contributed by atoms with Gasteiger partial charge in [-0.15, -0.1) is 0 Å². The maximum absolute atomic E-state index is 3.20. The molecule has 1 aromatic carbocycles. The Morgan fingerprint density at radius 2 is 1.80 bits per heavy atom. The zero-order chi connectivity index (χ0) is 10.7. The van der Waals surface area contributed by atoms with Gasteiger partial charge in [0.1, 0.15) is 0 Å². The van der Waals surface area contributed by atoms with Crippen molar-refractivity contribution >= 4 is 0 Å². The second-order valence-corrected chi connectivity index (χ2v) is 4.02. The molecule has 0 fully saturated rings. The van der Waals surface area contributed by atoms with Crippen LogP contribution in [-0.2, 0) is 6.54 Å². The second kappa shape index (κ2) is 4.32. The number of aromatic nitrogens is 1. The number of rotatable bonds is 3. The van der Waals surface area contributed by atoms with Crippen molar-refractivity contribution in [2.45, 2.75) is 6.54 Å². The van der Waals surface area contributed by atoms with Crippen molar-refractivity contribution in [3.8, 4) is 11.3 Å². The van der Waals surface area contributed by atoms with Crippen LogP contribution >= 0.6 is 0 Å². The highest BCUT2D eigenvalue weighted by Gasteiger charge is 1.98. The summed E-state index contributed by atoms with van der Waals surface area (Å²) in [6.45, 7) is 0.991. The van der Waals surface area contributed by atoms with Crippen molar-refractivity contribution in [2.75, 3.05) is 14.1 Å². The first-order chi connectivity index (χ1) is 7.25. The van der Waals surface area contributed by atoms with E-state index in [2.05, 4.69) is 54.3 Å².